The Kier molecular flexibility index (Phi) is 12.2. The van der Waals surface area contributed by atoms with Gasteiger partial charge in [0.2, 0.25) is 0 Å². The highest BCUT2D eigenvalue weighted by atomic mass is 19.1. The molecule has 6 heteroatoms. The van der Waals surface area contributed by atoms with Gasteiger partial charge in [-0.2, -0.15) is 0 Å². The molecule has 3 aromatic rings. The minimum Gasteiger partial charge on any atom is -0.494 e. The van der Waals surface area contributed by atoms with Gasteiger partial charge >= 0.3 is 11.9 Å². The number of carbonyl (C=O) groups excluding carboxylic acids is 2. The first-order chi connectivity index (χ1) is 19.0. The normalized spacial score (nSPS) is 10.6. The van der Waals surface area contributed by atoms with Gasteiger partial charge in [-0.3, -0.25) is 0 Å². The van der Waals surface area contributed by atoms with Crippen LogP contribution < -0.4 is 9.47 Å². The van der Waals surface area contributed by atoms with Crippen molar-refractivity contribution in [3.05, 3.63) is 96.3 Å². The Bertz CT molecular complexity index is 1200. The van der Waals surface area contributed by atoms with Crippen LogP contribution in [0, 0.1) is 12.7 Å². The second-order valence-electron chi connectivity index (χ2n) is 9.45. The molecule has 0 unspecified atom stereocenters. The quantitative estimate of drug-likeness (QED) is 0.0804. The maximum Gasteiger partial charge on any atom is 0.343 e. The van der Waals surface area contributed by atoms with E-state index >= 15 is 0 Å². The Labute approximate surface area is 230 Å². The fourth-order valence-corrected chi connectivity index (χ4v) is 4.03. The van der Waals surface area contributed by atoms with Crippen molar-refractivity contribution in [1.29, 1.82) is 0 Å². The third kappa shape index (κ3) is 10.4. The van der Waals surface area contributed by atoms with Crippen molar-refractivity contribution in [3.63, 3.8) is 0 Å². The van der Waals surface area contributed by atoms with Crippen molar-refractivity contribution in [2.45, 2.75) is 58.3 Å². The summed E-state index contributed by atoms with van der Waals surface area (Å²) in [5.74, 6) is 0.0891. The van der Waals surface area contributed by atoms with E-state index in [-0.39, 0.29) is 11.8 Å². The fraction of sp³-hybridized carbons (Fsp3) is 0.333. The molecule has 39 heavy (non-hydrogen) atoms. The summed E-state index contributed by atoms with van der Waals surface area (Å²) in [5, 5.41) is 0. The number of hydrogen-bond donors (Lipinski definition) is 0. The highest BCUT2D eigenvalue weighted by Crippen LogP contribution is 2.25. The average Bonchev–Trinajstić information content (AvgIpc) is 2.95. The summed E-state index contributed by atoms with van der Waals surface area (Å²) in [7, 11) is 0. The average molecular weight is 533 g/mol. The molecule has 0 aliphatic carbocycles. The lowest BCUT2D eigenvalue weighted by atomic mass is 10.0. The van der Waals surface area contributed by atoms with Crippen LogP contribution in [-0.4, -0.2) is 25.2 Å². The van der Waals surface area contributed by atoms with Crippen molar-refractivity contribution < 1.29 is 28.2 Å². The number of carbonyl (C=O) groups is 2. The van der Waals surface area contributed by atoms with Crippen molar-refractivity contribution in [2.24, 2.45) is 0 Å². The first-order valence-electron chi connectivity index (χ1n) is 13.6. The molecule has 5 nitrogen and oxygen atoms in total. The molecule has 0 saturated heterocycles. The smallest absolute Gasteiger partial charge is 0.343 e. The Morgan fingerprint density at radius 1 is 0.744 bits per heavy atom. The Morgan fingerprint density at radius 3 is 1.92 bits per heavy atom. The standard InChI is InChI=1S/C33H37FO5/c1-3-32(35)38-23-11-9-7-5-4-6-8-10-22-37-29-18-16-27(17-19-29)33(36)39-30-20-14-26(15-21-30)28-13-12-25(2)31(34)24-28/h3,12-21,24H,1,4-11,22-23H2,2H3. The van der Waals surface area contributed by atoms with Crippen LogP contribution in [0.4, 0.5) is 4.39 Å². The molecule has 3 aromatic carbocycles. The third-order valence-corrected chi connectivity index (χ3v) is 6.38. The molecule has 0 N–H and O–H groups in total. The number of halogens is 1. The molecule has 0 heterocycles. The zero-order valence-corrected chi connectivity index (χ0v) is 22.6. The van der Waals surface area contributed by atoms with Crippen molar-refractivity contribution >= 4 is 11.9 Å². The van der Waals surface area contributed by atoms with Gasteiger partial charge in [-0.25, -0.2) is 14.0 Å². The summed E-state index contributed by atoms with van der Waals surface area (Å²) < 4.78 is 30.1. The summed E-state index contributed by atoms with van der Waals surface area (Å²) in [5.41, 5.74) is 2.65. The third-order valence-electron chi connectivity index (χ3n) is 6.38. The van der Waals surface area contributed by atoms with Crippen LogP contribution in [0.2, 0.25) is 0 Å². The van der Waals surface area contributed by atoms with Crippen molar-refractivity contribution in [2.75, 3.05) is 13.2 Å². The van der Waals surface area contributed by atoms with E-state index in [1.54, 1.807) is 61.5 Å². The van der Waals surface area contributed by atoms with Gasteiger partial charge in [0.25, 0.3) is 0 Å². The molecule has 0 saturated carbocycles. The summed E-state index contributed by atoms with van der Waals surface area (Å²) >= 11 is 0. The maximum atomic E-state index is 13.9. The lowest BCUT2D eigenvalue weighted by Gasteiger charge is -2.09. The summed E-state index contributed by atoms with van der Waals surface area (Å²) in [6, 6.07) is 19.0. The van der Waals surface area contributed by atoms with Gasteiger partial charge < -0.3 is 14.2 Å². The molecule has 0 bridgehead atoms. The van der Waals surface area contributed by atoms with Crippen LogP contribution in [0.1, 0.15) is 67.3 Å². The molecule has 0 fully saturated rings. The summed E-state index contributed by atoms with van der Waals surface area (Å²) in [6.07, 6.45) is 9.94. The van der Waals surface area contributed by atoms with Crippen LogP contribution in [0.15, 0.2) is 79.4 Å². The number of esters is 2. The molecular weight excluding hydrogens is 495 g/mol. The Morgan fingerprint density at radius 2 is 1.31 bits per heavy atom. The first-order valence-corrected chi connectivity index (χ1v) is 13.6. The molecule has 206 valence electrons. The van der Waals surface area contributed by atoms with E-state index in [4.69, 9.17) is 14.2 Å². The highest BCUT2D eigenvalue weighted by molar-refractivity contribution is 5.91. The van der Waals surface area contributed by atoms with E-state index in [1.807, 2.05) is 6.07 Å². The van der Waals surface area contributed by atoms with E-state index in [2.05, 4.69) is 6.58 Å². The van der Waals surface area contributed by atoms with Crippen molar-refractivity contribution in [1.82, 2.24) is 0 Å². The van der Waals surface area contributed by atoms with Gasteiger partial charge in [0.1, 0.15) is 17.3 Å². The zero-order valence-electron chi connectivity index (χ0n) is 22.6. The van der Waals surface area contributed by atoms with Gasteiger partial charge in [0, 0.05) is 6.08 Å². The van der Waals surface area contributed by atoms with E-state index < -0.39 is 5.97 Å². The predicted octanol–water partition coefficient (Wildman–Crippen LogP) is 8.25. The van der Waals surface area contributed by atoms with Crippen LogP contribution in [-0.2, 0) is 9.53 Å². The first kappa shape index (κ1) is 29.6. The van der Waals surface area contributed by atoms with Gasteiger partial charge in [-0.15, -0.1) is 0 Å². The lowest BCUT2D eigenvalue weighted by molar-refractivity contribution is -0.137. The number of ether oxygens (including phenoxy) is 3. The molecule has 0 aliphatic rings. The highest BCUT2D eigenvalue weighted by Gasteiger charge is 2.10. The number of hydrogen-bond acceptors (Lipinski definition) is 5. The van der Waals surface area contributed by atoms with Crippen LogP contribution >= 0.6 is 0 Å². The van der Waals surface area contributed by atoms with E-state index in [0.717, 1.165) is 49.0 Å². The minimum absolute atomic E-state index is 0.249. The number of unbranched alkanes of at least 4 members (excludes halogenated alkanes) is 7. The van der Waals surface area contributed by atoms with E-state index in [1.165, 1.54) is 31.4 Å². The van der Waals surface area contributed by atoms with Gasteiger partial charge in [-0.1, -0.05) is 69.4 Å². The molecule has 0 spiro atoms. The molecule has 0 aromatic heterocycles. The summed E-state index contributed by atoms with van der Waals surface area (Å²) in [4.78, 5) is 23.5. The SMILES string of the molecule is C=CC(=O)OCCCCCCCCCCOc1ccc(C(=O)Oc2ccc(-c3ccc(C)c(F)c3)cc2)cc1. The van der Waals surface area contributed by atoms with Gasteiger partial charge in [0.15, 0.2) is 0 Å². The monoisotopic (exact) mass is 532 g/mol. The van der Waals surface area contributed by atoms with Gasteiger partial charge in [0.05, 0.1) is 18.8 Å². The van der Waals surface area contributed by atoms with E-state index in [0.29, 0.717) is 30.1 Å². The zero-order chi connectivity index (χ0) is 27.9. The summed E-state index contributed by atoms with van der Waals surface area (Å²) in [6.45, 7) is 6.20. The van der Waals surface area contributed by atoms with Gasteiger partial charge in [-0.05, 0) is 78.9 Å². The molecule has 3 rings (SSSR count). The number of benzene rings is 3. The largest absolute Gasteiger partial charge is 0.494 e. The van der Waals surface area contributed by atoms with Crippen molar-refractivity contribution in [3.8, 4) is 22.6 Å². The number of aryl methyl sites for hydroxylation is 1. The molecular formula is C33H37FO5. The molecule has 0 aliphatic heterocycles. The van der Waals surface area contributed by atoms with Crippen LogP contribution in [0.5, 0.6) is 11.5 Å². The predicted molar refractivity (Wildman–Crippen MR) is 152 cm³/mol. The topological polar surface area (TPSA) is 61.8 Å². The maximum absolute atomic E-state index is 13.9. The Hall–Kier alpha value is -3.93. The van der Waals surface area contributed by atoms with Crippen LogP contribution in [0.3, 0.4) is 0 Å². The lowest BCUT2D eigenvalue weighted by Crippen LogP contribution is -2.08. The molecule has 0 radical (unpaired) electrons. The second kappa shape index (κ2) is 16.1. The number of rotatable bonds is 16. The van der Waals surface area contributed by atoms with Crippen LogP contribution in [0.25, 0.3) is 11.1 Å². The second-order valence-corrected chi connectivity index (χ2v) is 9.45. The Balaban J connectivity index is 1.29. The van der Waals surface area contributed by atoms with E-state index in [9.17, 15) is 14.0 Å². The fourth-order valence-electron chi connectivity index (χ4n) is 4.03. The minimum atomic E-state index is -0.451. The molecule has 0 amide bonds. The molecule has 0 atom stereocenters.